The molecule has 1 atom stereocenters. The van der Waals surface area contributed by atoms with E-state index in [1.54, 1.807) is 12.1 Å². The third-order valence-corrected chi connectivity index (χ3v) is 4.12. The predicted octanol–water partition coefficient (Wildman–Crippen LogP) is 2.45. The molecule has 0 bridgehead atoms. The summed E-state index contributed by atoms with van der Waals surface area (Å²) in [5.41, 5.74) is 8.09. The highest BCUT2D eigenvalue weighted by Crippen LogP contribution is 2.27. The lowest BCUT2D eigenvalue weighted by molar-refractivity contribution is 0.805. The monoisotopic (exact) mass is 233 g/mol. The van der Waals surface area contributed by atoms with Gasteiger partial charge in [0, 0.05) is 11.8 Å². The van der Waals surface area contributed by atoms with Gasteiger partial charge in [0.25, 0.3) is 0 Å². The second-order valence-electron chi connectivity index (χ2n) is 3.93. The standard InChI is InChI=1S/C12H15N3S/c13-7-9-3-4-11(14)12(6-9)15-8-10-2-1-5-16-10/h3-4,6,10,15H,1-2,5,8,14H2. The first kappa shape index (κ1) is 11.2. The van der Waals surface area contributed by atoms with Gasteiger partial charge in [0.1, 0.15) is 0 Å². The van der Waals surface area contributed by atoms with Gasteiger partial charge in [-0.15, -0.1) is 0 Å². The van der Waals surface area contributed by atoms with Gasteiger partial charge < -0.3 is 11.1 Å². The van der Waals surface area contributed by atoms with Crippen LogP contribution in [-0.4, -0.2) is 17.5 Å². The van der Waals surface area contributed by atoms with Crippen LogP contribution in [0.25, 0.3) is 0 Å². The predicted molar refractivity (Wildman–Crippen MR) is 69.5 cm³/mol. The number of nitrogens with zero attached hydrogens (tertiary/aromatic N) is 1. The first-order valence-electron chi connectivity index (χ1n) is 5.44. The third-order valence-electron chi connectivity index (χ3n) is 2.73. The van der Waals surface area contributed by atoms with Gasteiger partial charge in [-0.1, -0.05) is 0 Å². The number of thioether (sulfide) groups is 1. The molecule has 1 aromatic rings. The Kier molecular flexibility index (Phi) is 3.58. The quantitative estimate of drug-likeness (QED) is 0.787. The van der Waals surface area contributed by atoms with Crippen LogP contribution in [0.5, 0.6) is 0 Å². The molecule has 1 aliphatic rings. The van der Waals surface area contributed by atoms with E-state index in [0.717, 1.165) is 12.2 Å². The van der Waals surface area contributed by atoms with E-state index in [4.69, 9.17) is 11.0 Å². The summed E-state index contributed by atoms with van der Waals surface area (Å²) >= 11 is 2.01. The van der Waals surface area contributed by atoms with Crippen molar-refractivity contribution in [3.63, 3.8) is 0 Å². The Labute approximate surface area is 100 Å². The van der Waals surface area contributed by atoms with Crippen LogP contribution in [0.1, 0.15) is 18.4 Å². The molecule has 1 aromatic carbocycles. The maximum Gasteiger partial charge on any atom is 0.0992 e. The second kappa shape index (κ2) is 5.13. The Balaban J connectivity index is 2.00. The number of nitriles is 1. The van der Waals surface area contributed by atoms with Crippen LogP contribution in [0.3, 0.4) is 0 Å². The summed E-state index contributed by atoms with van der Waals surface area (Å²) in [6.45, 7) is 0.934. The molecular weight excluding hydrogens is 218 g/mol. The Bertz CT molecular complexity index is 405. The SMILES string of the molecule is N#Cc1ccc(N)c(NCC2CCCS2)c1. The smallest absolute Gasteiger partial charge is 0.0992 e. The molecule has 1 aliphatic heterocycles. The normalized spacial score (nSPS) is 19.3. The van der Waals surface area contributed by atoms with E-state index in [9.17, 15) is 0 Å². The number of nitrogen functional groups attached to an aromatic ring is 1. The molecule has 3 nitrogen and oxygen atoms in total. The van der Waals surface area contributed by atoms with Gasteiger partial charge >= 0.3 is 0 Å². The lowest BCUT2D eigenvalue weighted by atomic mass is 10.2. The van der Waals surface area contributed by atoms with Crippen molar-refractivity contribution in [2.75, 3.05) is 23.3 Å². The van der Waals surface area contributed by atoms with Gasteiger partial charge in [-0.2, -0.15) is 17.0 Å². The van der Waals surface area contributed by atoms with E-state index in [2.05, 4.69) is 11.4 Å². The molecule has 1 unspecified atom stereocenters. The highest BCUT2D eigenvalue weighted by atomic mass is 32.2. The van der Waals surface area contributed by atoms with Gasteiger partial charge in [-0.25, -0.2) is 0 Å². The average molecular weight is 233 g/mol. The minimum Gasteiger partial charge on any atom is -0.397 e. The number of nitrogens with two attached hydrogens (primary N) is 1. The zero-order chi connectivity index (χ0) is 11.4. The Hall–Kier alpha value is -1.34. The Morgan fingerprint density at radius 3 is 3.12 bits per heavy atom. The van der Waals surface area contributed by atoms with E-state index in [1.807, 2.05) is 17.8 Å². The zero-order valence-corrected chi connectivity index (χ0v) is 9.89. The summed E-state index contributed by atoms with van der Waals surface area (Å²) in [6, 6.07) is 7.46. The van der Waals surface area contributed by atoms with E-state index in [1.165, 1.54) is 18.6 Å². The van der Waals surface area contributed by atoms with E-state index >= 15 is 0 Å². The molecule has 1 heterocycles. The minimum atomic E-state index is 0.649. The number of hydrogen-bond acceptors (Lipinski definition) is 4. The molecule has 2 rings (SSSR count). The topological polar surface area (TPSA) is 61.8 Å². The van der Waals surface area contributed by atoms with Gasteiger partial charge in [-0.05, 0) is 36.8 Å². The van der Waals surface area contributed by atoms with Crippen LogP contribution in [0.15, 0.2) is 18.2 Å². The van der Waals surface area contributed by atoms with Crippen LogP contribution >= 0.6 is 11.8 Å². The van der Waals surface area contributed by atoms with Crippen LogP contribution in [0, 0.1) is 11.3 Å². The van der Waals surface area contributed by atoms with Crippen molar-refractivity contribution in [3.8, 4) is 6.07 Å². The zero-order valence-electron chi connectivity index (χ0n) is 9.07. The van der Waals surface area contributed by atoms with Gasteiger partial charge in [0.2, 0.25) is 0 Å². The molecule has 1 fully saturated rings. The molecule has 0 spiro atoms. The van der Waals surface area contributed by atoms with Crippen molar-refractivity contribution >= 4 is 23.1 Å². The summed E-state index contributed by atoms with van der Waals surface area (Å²) in [5.74, 6) is 1.26. The number of rotatable bonds is 3. The number of benzene rings is 1. The fourth-order valence-electron chi connectivity index (χ4n) is 1.81. The van der Waals surface area contributed by atoms with Gasteiger partial charge in [0.05, 0.1) is 23.0 Å². The van der Waals surface area contributed by atoms with E-state index in [-0.39, 0.29) is 0 Å². The fourth-order valence-corrected chi connectivity index (χ4v) is 3.01. The Morgan fingerprint density at radius 1 is 1.56 bits per heavy atom. The Morgan fingerprint density at radius 2 is 2.44 bits per heavy atom. The molecule has 0 aliphatic carbocycles. The van der Waals surface area contributed by atoms with Crippen LogP contribution in [-0.2, 0) is 0 Å². The summed E-state index contributed by atoms with van der Waals surface area (Å²) in [4.78, 5) is 0. The molecule has 3 N–H and O–H groups in total. The van der Waals surface area contributed by atoms with Crippen molar-refractivity contribution in [1.29, 1.82) is 5.26 Å². The largest absolute Gasteiger partial charge is 0.397 e. The molecule has 0 amide bonds. The number of hydrogen-bond donors (Lipinski definition) is 2. The lowest BCUT2D eigenvalue weighted by Crippen LogP contribution is -2.14. The maximum absolute atomic E-state index is 8.81. The summed E-state index contributed by atoms with van der Waals surface area (Å²) in [5, 5.41) is 12.8. The minimum absolute atomic E-state index is 0.649. The van der Waals surface area contributed by atoms with Crippen molar-refractivity contribution < 1.29 is 0 Å². The molecular formula is C12H15N3S. The summed E-state index contributed by atoms with van der Waals surface area (Å²) in [7, 11) is 0. The second-order valence-corrected chi connectivity index (χ2v) is 5.34. The van der Waals surface area contributed by atoms with Gasteiger partial charge in [0.15, 0.2) is 0 Å². The van der Waals surface area contributed by atoms with E-state index < -0.39 is 0 Å². The number of nitrogens with one attached hydrogen (secondary N) is 1. The van der Waals surface area contributed by atoms with Crippen LogP contribution < -0.4 is 11.1 Å². The maximum atomic E-state index is 8.81. The van der Waals surface area contributed by atoms with Gasteiger partial charge in [-0.3, -0.25) is 0 Å². The molecule has 0 aromatic heterocycles. The van der Waals surface area contributed by atoms with Crippen molar-refractivity contribution in [2.45, 2.75) is 18.1 Å². The lowest BCUT2D eigenvalue weighted by Gasteiger charge is -2.13. The summed E-state index contributed by atoms with van der Waals surface area (Å²) in [6.07, 6.45) is 2.58. The van der Waals surface area contributed by atoms with E-state index in [0.29, 0.717) is 16.5 Å². The highest BCUT2D eigenvalue weighted by Gasteiger charge is 2.15. The van der Waals surface area contributed by atoms with Crippen LogP contribution in [0.2, 0.25) is 0 Å². The van der Waals surface area contributed by atoms with Crippen molar-refractivity contribution in [3.05, 3.63) is 23.8 Å². The number of anilines is 2. The molecule has 1 saturated heterocycles. The molecule has 84 valence electrons. The molecule has 0 saturated carbocycles. The van der Waals surface area contributed by atoms with Crippen LogP contribution in [0.4, 0.5) is 11.4 Å². The summed E-state index contributed by atoms with van der Waals surface area (Å²) < 4.78 is 0. The average Bonchev–Trinajstić information content (AvgIpc) is 2.81. The molecule has 16 heavy (non-hydrogen) atoms. The van der Waals surface area contributed by atoms with Crippen molar-refractivity contribution in [2.24, 2.45) is 0 Å². The third kappa shape index (κ3) is 2.61. The fraction of sp³-hybridized carbons (Fsp3) is 0.417. The van der Waals surface area contributed by atoms with Crippen molar-refractivity contribution in [1.82, 2.24) is 0 Å². The molecule has 0 radical (unpaired) electrons. The highest BCUT2D eigenvalue weighted by molar-refractivity contribution is 8.00. The first-order valence-corrected chi connectivity index (χ1v) is 6.49. The first-order chi connectivity index (χ1) is 7.79. The molecule has 4 heteroatoms.